The molecule has 166 valence electrons. The molecule has 2 amide bonds. The normalized spacial score (nSPS) is 10.8. The van der Waals surface area contributed by atoms with E-state index in [4.69, 9.17) is 4.74 Å². The number of amides is 2. The molecule has 0 heterocycles. The molecule has 3 aromatic carbocycles. The smallest absolute Gasteiger partial charge is 0.266 e. The number of para-hydroxylation sites is 1. The van der Waals surface area contributed by atoms with Crippen LogP contribution in [0.3, 0.4) is 0 Å². The summed E-state index contributed by atoms with van der Waals surface area (Å²) in [7, 11) is 0. The highest BCUT2D eigenvalue weighted by atomic mass is 16.5. The zero-order chi connectivity index (χ0) is 23.8. The molecule has 0 unspecified atom stereocenters. The Morgan fingerprint density at radius 3 is 2.42 bits per heavy atom. The average molecular weight is 440 g/mol. The summed E-state index contributed by atoms with van der Waals surface area (Å²) in [6, 6.07) is 22.0. The van der Waals surface area contributed by atoms with Gasteiger partial charge in [0.15, 0.2) is 6.61 Å². The predicted molar refractivity (Wildman–Crippen MR) is 130 cm³/mol. The lowest BCUT2D eigenvalue weighted by molar-refractivity contribution is -0.118. The van der Waals surface area contributed by atoms with Crippen LogP contribution in [-0.4, -0.2) is 18.4 Å². The van der Waals surface area contributed by atoms with Crippen molar-refractivity contribution < 1.29 is 14.3 Å². The van der Waals surface area contributed by atoms with Crippen molar-refractivity contribution in [1.29, 1.82) is 5.26 Å². The number of hydrogen-bond donors (Lipinski definition) is 2. The van der Waals surface area contributed by atoms with Crippen LogP contribution < -0.4 is 15.4 Å². The molecule has 0 spiro atoms. The number of carbonyl (C=O) groups is 2. The first-order chi connectivity index (χ1) is 15.9. The molecule has 0 atom stereocenters. The van der Waals surface area contributed by atoms with E-state index in [2.05, 4.69) is 10.6 Å². The number of aryl methyl sites for hydroxylation is 3. The number of nitrogens with zero attached hydrogens (tertiary/aromatic N) is 1. The van der Waals surface area contributed by atoms with Crippen LogP contribution in [0.15, 0.2) is 72.3 Å². The molecule has 0 aromatic heterocycles. The van der Waals surface area contributed by atoms with Crippen LogP contribution in [-0.2, 0) is 9.59 Å². The van der Waals surface area contributed by atoms with Crippen molar-refractivity contribution in [2.75, 3.05) is 17.2 Å². The van der Waals surface area contributed by atoms with E-state index in [0.29, 0.717) is 17.0 Å². The molecule has 3 rings (SSSR count). The molecule has 0 aliphatic rings. The van der Waals surface area contributed by atoms with Crippen molar-refractivity contribution in [2.45, 2.75) is 20.8 Å². The number of ether oxygens (including phenoxy) is 1. The molecule has 0 radical (unpaired) electrons. The Balaban J connectivity index is 1.65. The summed E-state index contributed by atoms with van der Waals surface area (Å²) in [5.41, 5.74) is 4.89. The Morgan fingerprint density at radius 2 is 1.67 bits per heavy atom. The van der Waals surface area contributed by atoms with E-state index in [1.807, 2.05) is 63.2 Å². The fraction of sp³-hybridized carbons (Fsp3) is 0.148. The molecule has 0 bridgehead atoms. The van der Waals surface area contributed by atoms with Gasteiger partial charge in [-0.2, -0.15) is 5.26 Å². The van der Waals surface area contributed by atoms with Crippen LogP contribution in [0.1, 0.15) is 22.3 Å². The fourth-order valence-corrected chi connectivity index (χ4v) is 3.12. The molecular weight excluding hydrogens is 414 g/mol. The van der Waals surface area contributed by atoms with Crippen molar-refractivity contribution in [3.8, 4) is 11.8 Å². The van der Waals surface area contributed by atoms with E-state index in [9.17, 15) is 14.9 Å². The minimum atomic E-state index is -0.494. The van der Waals surface area contributed by atoms with Crippen molar-refractivity contribution in [3.05, 3.63) is 94.6 Å². The molecule has 33 heavy (non-hydrogen) atoms. The third-order valence-corrected chi connectivity index (χ3v) is 4.96. The summed E-state index contributed by atoms with van der Waals surface area (Å²) >= 11 is 0. The van der Waals surface area contributed by atoms with Crippen molar-refractivity contribution in [1.82, 2.24) is 0 Å². The molecule has 6 heteroatoms. The van der Waals surface area contributed by atoms with E-state index in [0.717, 1.165) is 22.4 Å². The first-order valence-corrected chi connectivity index (χ1v) is 10.4. The quantitative estimate of drug-likeness (QED) is 0.392. The molecule has 3 aromatic rings. The van der Waals surface area contributed by atoms with Gasteiger partial charge in [0.1, 0.15) is 17.4 Å². The zero-order valence-electron chi connectivity index (χ0n) is 18.8. The van der Waals surface area contributed by atoms with Gasteiger partial charge >= 0.3 is 0 Å². The van der Waals surface area contributed by atoms with E-state index >= 15 is 0 Å². The zero-order valence-corrected chi connectivity index (χ0v) is 18.8. The highest BCUT2D eigenvalue weighted by Gasteiger charge is 2.11. The molecule has 0 aliphatic heterocycles. The molecule has 0 saturated heterocycles. The summed E-state index contributed by atoms with van der Waals surface area (Å²) < 4.78 is 5.61. The van der Waals surface area contributed by atoms with Gasteiger partial charge in [0, 0.05) is 11.4 Å². The number of benzene rings is 3. The molecule has 2 N–H and O–H groups in total. The van der Waals surface area contributed by atoms with Gasteiger partial charge in [0.2, 0.25) is 0 Å². The highest BCUT2D eigenvalue weighted by Crippen LogP contribution is 2.19. The average Bonchev–Trinajstić information content (AvgIpc) is 2.80. The lowest BCUT2D eigenvalue weighted by Gasteiger charge is -2.11. The monoisotopic (exact) mass is 439 g/mol. The number of nitriles is 1. The second-order valence-corrected chi connectivity index (χ2v) is 7.67. The van der Waals surface area contributed by atoms with Gasteiger partial charge in [0.05, 0.1) is 0 Å². The highest BCUT2D eigenvalue weighted by molar-refractivity contribution is 6.10. The summed E-state index contributed by atoms with van der Waals surface area (Å²) in [6.45, 7) is 5.59. The largest absolute Gasteiger partial charge is 0.484 e. The van der Waals surface area contributed by atoms with Gasteiger partial charge in [-0.05, 0) is 73.4 Å². The lowest BCUT2D eigenvalue weighted by Crippen LogP contribution is -2.20. The van der Waals surface area contributed by atoms with Crippen LogP contribution in [0, 0.1) is 32.1 Å². The van der Waals surface area contributed by atoms with Gasteiger partial charge in [-0.15, -0.1) is 0 Å². The van der Waals surface area contributed by atoms with Crippen LogP contribution in [0.4, 0.5) is 11.4 Å². The van der Waals surface area contributed by atoms with Crippen LogP contribution >= 0.6 is 0 Å². The SMILES string of the molecule is Cc1ccc(C)c(NC(=O)COc2cccc(/C=C(/C#N)C(=O)Nc3ccccc3C)c2)c1. The molecule has 0 fully saturated rings. The predicted octanol–water partition coefficient (Wildman–Crippen LogP) is 5.18. The van der Waals surface area contributed by atoms with Gasteiger partial charge in [-0.25, -0.2) is 0 Å². The first-order valence-electron chi connectivity index (χ1n) is 10.4. The third kappa shape index (κ3) is 6.55. The van der Waals surface area contributed by atoms with Crippen molar-refractivity contribution in [3.63, 3.8) is 0 Å². The van der Waals surface area contributed by atoms with E-state index in [-0.39, 0.29) is 18.1 Å². The van der Waals surface area contributed by atoms with Gasteiger partial charge in [-0.1, -0.05) is 42.5 Å². The lowest BCUT2D eigenvalue weighted by atomic mass is 10.1. The molecule has 6 nitrogen and oxygen atoms in total. The standard InChI is InChI=1S/C27H25N3O3/c1-18-11-12-20(3)25(13-18)29-26(31)17-33-23-9-6-8-21(15-23)14-22(16-28)27(32)30-24-10-5-4-7-19(24)2/h4-15H,17H2,1-3H3,(H,29,31)(H,30,32)/b22-14-. The maximum atomic E-state index is 12.5. The molecular formula is C27H25N3O3. The topological polar surface area (TPSA) is 91.2 Å². The van der Waals surface area contributed by atoms with Crippen LogP contribution in [0.5, 0.6) is 5.75 Å². The Kier molecular flexibility index (Phi) is 7.61. The maximum absolute atomic E-state index is 12.5. The molecule has 0 saturated carbocycles. The Morgan fingerprint density at radius 1 is 0.909 bits per heavy atom. The minimum Gasteiger partial charge on any atom is -0.484 e. The van der Waals surface area contributed by atoms with Gasteiger partial charge < -0.3 is 15.4 Å². The van der Waals surface area contributed by atoms with Crippen LogP contribution in [0.2, 0.25) is 0 Å². The number of anilines is 2. The summed E-state index contributed by atoms with van der Waals surface area (Å²) in [5, 5.41) is 15.1. The number of hydrogen-bond acceptors (Lipinski definition) is 4. The van der Waals surface area contributed by atoms with E-state index < -0.39 is 5.91 Å². The second kappa shape index (κ2) is 10.8. The summed E-state index contributed by atoms with van der Waals surface area (Å²) in [6.07, 6.45) is 1.48. The maximum Gasteiger partial charge on any atom is 0.266 e. The van der Waals surface area contributed by atoms with E-state index in [1.54, 1.807) is 30.3 Å². The van der Waals surface area contributed by atoms with Crippen molar-refractivity contribution >= 4 is 29.3 Å². The Hall–Kier alpha value is -4.37. The minimum absolute atomic E-state index is 0.0388. The summed E-state index contributed by atoms with van der Waals surface area (Å²) in [5.74, 6) is -0.317. The Labute approximate surface area is 193 Å². The number of nitrogens with one attached hydrogen (secondary N) is 2. The second-order valence-electron chi connectivity index (χ2n) is 7.67. The van der Waals surface area contributed by atoms with E-state index in [1.165, 1.54) is 6.08 Å². The van der Waals surface area contributed by atoms with Gasteiger partial charge in [0.25, 0.3) is 11.8 Å². The Bertz CT molecular complexity index is 1260. The third-order valence-electron chi connectivity index (χ3n) is 4.96. The number of carbonyl (C=O) groups excluding carboxylic acids is 2. The number of rotatable bonds is 7. The fourth-order valence-electron chi connectivity index (χ4n) is 3.12. The summed E-state index contributed by atoms with van der Waals surface area (Å²) in [4.78, 5) is 24.8. The molecule has 0 aliphatic carbocycles. The van der Waals surface area contributed by atoms with Crippen molar-refractivity contribution in [2.24, 2.45) is 0 Å². The van der Waals surface area contributed by atoms with Gasteiger partial charge in [-0.3, -0.25) is 9.59 Å². The first kappa shape index (κ1) is 23.3. The van der Waals surface area contributed by atoms with Crippen LogP contribution in [0.25, 0.3) is 6.08 Å².